The van der Waals surface area contributed by atoms with Gasteiger partial charge < -0.3 is 54.4 Å². The summed E-state index contributed by atoms with van der Waals surface area (Å²) in [5, 5.41) is 13.7. The molecule has 0 aliphatic carbocycles. The van der Waals surface area contributed by atoms with Gasteiger partial charge in [0, 0.05) is 13.1 Å². The zero-order valence-corrected chi connectivity index (χ0v) is 36.0. The van der Waals surface area contributed by atoms with Crippen molar-refractivity contribution in [1.29, 1.82) is 0 Å². The van der Waals surface area contributed by atoms with Gasteiger partial charge >= 0.3 is 0 Å². The second kappa shape index (κ2) is 27.2. The molecule has 0 aromatic rings. The maximum Gasteiger partial charge on any atom is 0.245 e. The van der Waals surface area contributed by atoms with Crippen molar-refractivity contribution in [3.63, 3.8) is 0 Å². The smallest absolute Gasteiger partial charge is 0.245 e. The Hall–Kier alpha value is -3.43. The molecular formula is C35H65N11O7S3. The number of hydrogen-bond donors (Lipinski definition) is 9. The lowest BCUT2D eigenvalue weighted by Crippen LogP contribution is -2.60. The van der Waals surface area contributed by atoms with Crippen molar-refractivity contribution in [2.45, 2.75) is 114 Å². The minimum atomic E-state index is -1.12. The lowest BCUT2D eigenvalue weighted by atomic mass is 10.0. The van der Waals surface area contributed by atoms with E-state index in [0.717, 1.165) is 0 Å². The summed E-state index contributed by atoms with van der Waals surface area (Å²) in [5.41, 5.74) is 22.2. The third-order valence-corrected chi connectivity index (χ3v) is 10.8. The molecule has 18 nitrogen and oxygen atoms in total. The fourth-order valence-electron chi connectivity index (χ4n) is 5.89. The van der Waals surface area contributed by atoms with E-state index in [1.165, 1.54) is 47.1 Å². The predicted octanol–water partition coefficient (Wildman–Crippen LogP) is -1.41. The molecule has 0 bridgehead atoms. The van der Waals surface area contributed by atoms with Crippen LogP contribution in [-0.4, -0.2) is 144 Å². The number of amides is 7. The van der Waals surface area contributed by atoms with Crippen LogP contribution in [0.5, 0.6) is 0 Å². The number of nitrogens with zero attached hydrogens (tertiary/aromatic N) is 2. The molecule has 21 heteroatoms. The predicted molar refractivity (Wildman–Crippen MR) is 226 cm³/mol. The lowest BCUT2D eigenvalue weighted by Gasteiger charge is -2.30. The normalized spacial score (nSPS) is 17.1. The van der Waals surface area contributed by atoms with Gasteiger partial charge in [0.25, 0.3) is 0 Å². The number of carbonyl (C=O) groups excluding carboxylic acids is 7. The van der Waals surface area contributed by atoms with Crippen molar-refractivity contribution in [2.75, 3.05) is 49.1 Å². The van der Waals surface area contributed by atoms with Crippen molar-refractivity contribution in [2.24, 2.45) is 33.8 Å². The molecule has 56 heavy (non-hydrogen) atoms. The van der Waals surface area contributed by atoms with Gasteiger partial charge in [0.1, 0.15) is 36.3 Å². The van der Waals surface area contributed by atoms with Crippen molar-refractivity contribution in [1.82, 2.24) is 31.5 Å². The first-order valence-electron chi connectivity index (χ1n) is 18.9. The van der Waals surface area contributed by atoms with E-state index in [1.807, 2.05) is 32.6 Å². The molecule has 0 saturated carbocycles. The van der Waals surface area contributed by atoms with E-state index in [9.17, 15) is 33.6 Å². The Kier molecular flexibility index (Phi) is 24.6. The summed E-state index contributed by atoms with van der Waals surface area (Å²) < 4.78 is 0. The SMILES string of the molecule is CSCC[C@H](NC(=O)[C@H](CCCN=C(N)N)NC(=O)[C@H](CC(C)C)NC(=O)[C@H](CCSC)NC(=O)[C@@H]1CCCN1C(=O)[C@H](CCSC)NC(=O)[C@H](C)N)C(N)=O. The number of nitrogens with two attached hydrogens (primary N) is 4. The zero-order valence-electron chi connectivity index (χ0n) is 33.6. The third kappa shape index (κ3) is 18.7. The molecular weight excluding hydrogens is 783 g/mol. The van der Waals surface area contributed by atoms with E-state index >= 15 is 0 Å². The summed E-state index contributed by atoms with van der Waals surface area (Å²) in [6, 6.07) is -6.78. The van der Waals surface area contributed by atoms with Crippen molar-refractivity contribution in [3.8, 4) is 0 Å². The molecule has 0 aromatic heterocycles. The molecule has 0 aromatic carbocycles. The molecule has 1 aliphatic rings. The summed E-state index contributed by atoms with van der Waals surface area (Å²) in [5.74, 6) is -2.51. The average molecular weight is 848 g/mol. The molecule has 7 amide bonds. The van der Waals surface area contributed by atoms with Gasteiger partial charge in [-0.25, -0.2) is 0 Å². The molecule has 0 spiro atoms. The number of thioether (sulfide) groups is 3. The van der Waals surface area contributed by atoms with E-state index < -0.39 is 83.6 Å². The zero-order chi connectivity index (χ0) is 42.4. The number of primary amides is 1. The maximum atomic E-state index is 13.9. The standard InChI is InChI=1S/C35H65N11O7S3/c1-20(2)19-26(32(51)42-23(9-7-14-40-35(38)39)30(49)41-22(28(37)47)11-16-54-4)45-31(50)24(12-17-55-5)43-33(52)27-10-8-15-46(27)34(53)25(13-18-56-6)44-29(48)21(3)36/h20-27H,7-19,36H2,1-6H3,(H2,37,47)(H,41,49)(H,42,51)(H,43,52)(H,44,48)(H,45,50)(H4,38,39,40)/t21-,22-,23-,24-,25-,26-,27-/m0/s1. The number of likely N-dealkylation sites (tertiary alicyclic amines) is 1. The first-order chi connectivity index (χ1) is 26.5. The average Bonchev–Trinajstić information content (AvgIpc) is 3.63. The van der Waals surface area contributed by atoms with Crippen LogP contribution in [0.25, 0.3) is 0 Å². The molecule has 1 fully saturated rings. The Morgan fingerprint density at radius 3 is 1.68 bits per heavy atom. The minimum Gasteiger partial charge on any atom is -0.370 e. The van der Waals surface area contributed by atoms with Crippen LogP contribution in [0.2, 0.25) is 0 Å². The highest BCUT2D eigenvalue weighted by atomic mass is 32.2. The van der Waals surface area contributed by atoms with E-state index in [1.54, 1.807) is 0 Å². The third-order valence-electron chi connectivity index (χ3n) is 8.91. The number of guanidine groups is 1. The minimum absolute atomic E-state index is 0.0647. The van der Waals surface area contributed by atoms with E-state index in [2.05, 4.69) is 31.6 Å². The van der Waals surface area contributed by atoms with E-state index in [0.29, 0.717) is 55.9 Å². The molecule has 1 aliphatic heterocycles. The first kappa shape index (κ1) is 50.6. The van der Waals surface area contributed by atoms with Crippen LogP contribution in [0, 0.1) is 5.92 Å². The van der Waals surface area contributed by atoms with Crippen LogP contribution in [0.3, 0.4) is 0 Å². The quantitative estimate of drug-likeness (QED) is 0.0261. The van der Waals surface area contributed by atoms with Gasteiger partial charge in [-0.15, -0.1) is 0 Å². The molecule has 1 rings (SSSR count). The fourth-order valence-corrected chi connectivity index (χ4v) is 7.30. The summed E-state index contributed by atoms with van der Waals surface area (Å²) in [4.78, 5) is 98.7. The highest BCUT2D eigenvalue weighted by Gasteiger charge is 2.39. The Labute approximate surface area is 343 Å². The van der Waals surface area contributed by atoms with Gasteiger partial charge in [0.15, 0.2) is 5.96 Å². The number of rotatable bonds is 27. The molecule has 0 unspecified atom stereocenters. The Morgan fingerprint density at radius 1 is 0.679 bits per heavy atom. The van der Waals surface area contributed by atoms with Gasteiger partial charge in [-0.3, -0.25) is 38.6 Å². The van der Waals surface area contributed by atoms with Crippen LogP contribution in [0.1, 0.15) is 72.1 Å². The maximum absolute atomic E-state index is 13.9. The summed E-state index contributed by atoms with van der Waals surface area (Å²) >= 11 is 4.47. The summed E-state index contributed by atoms with van der Waals surface area (Å²) in [7, 11) is 0. The summed E-state index contributed by atoms with van der Waals surface area (Å²) in [6.45, 7) is 5.75. The van der Waals surface area contributed by atoms with Gasteiger partial charge in [0.2, 0.25) is 41.4 Å². The van der Waals surface area contributed by atoms with Crippen LogP contribution >= 0.6 is 35.3 Å². The number of aliphatic imine (C=N–C) groups is 1. The first-order valence-corrected chi connectivity index (χ1v) is 23.0. The second-order valence-corrected chi connectivity index (χ2v) is 17.1. The van der Waals surface area contributed by atoms with Crippen LogP contribution in [-0.2, 0) is 33.6 Å². The fraction of sp³-hybridized carbons (Fsp3) is 0.771. The Morgan fingerprint density at radius 2 is 1.16 bits per heavy atom. The van der Waals surface area contributed by atoms with Gasteiger partial charge in [-0.1, -0.05) is 13.8 Å². The van der Waals surface area contributed by atoms with Crippen molar-refractivity contribution in [3.05, 3.63) is 0 Å². The molecule has 13 N–H and O–H groups in total. The van der Waals surface area contributed by atoms with Gasteiger partial charge in [-0.2, -0.15) is 35.3 Å². The summed E-state index contributed by atoms with van der Waals surface area (Å²) in [6.07, 6.45) is 8.02. The van der Waals surface area contributed by atoms with Crippen LogP contribution in [0.15, 0.2) is 4.99 Å². The highest BCUT2D eigenvalue weighted by Crippen LogP contribution is 2.21. The van der Waals surface area contributed by atoms with Gasteiger partial charge in [-0.05, 0) is 100 Å². The molecule has 7 atom stereocenters. The molecule has 320 valence electrons. The monoisotopic (exact) mass is 847 g/mol. The van der Waals surface area contributed by atoms with Crippen molar-refractivity contribution < 1.29 is 33.6 Å². The second-order valence-electron chi connectivity index (χ2n) is 14.1. The molecule has 1 heterocycles. The van der Waals surface area contributed by atoms with E-state index in [4.69, 9.17) is 22.9 Å². The topological polar surface area (TPSA) is 299 Å². The lowest BCUT2D eigenvalue weighted by molar-refractivity contribution is -0.142. The van der Waals surface area contributed by atoms with Crippen LogP contribution in [0.4, 0.5) is 0 Å². The largest absolute Gasteiger partial charge is 0.370 e. The molecule has 0 radical (unpaired) electrons. The van der Waals surface area contributed by atoms with E-state index in [-0.39, 0.29) is 37.7 Å². The Bertz CT molecular complexity index is 1340. The number of carbonyl (C=O) groups is 7. The van der Waals surface area contributed by atoms with Gasteiger partial charge in [0.05, 0.1) is 6.04 Å². The Balaban J connectivity index is 3.27. The highest BCUT2D eigenvalue weighted by molar-refractivity contribution is 7.98. The van der Waals surface area contributed by atoms with Crippen molar-refractivity contribution >= 4 is 82.6 Å². The number of hydrogen-bond acceptors (Lipinski definition) is 12. The van der Waals surface area contributed by atoms with Crippen LogP contribution < -0.4 is 49.5 Å². The number of nitrogens with one attached hydrogen (secondary N) is 5. The molecule has 1 saturated heterocycles.